The Bertz CT molecular complexity index is 486. The van der Waals surface area contributed by atoms with E-state index in [1.165, 1.54) is 12.5 Å². The lowest BCUT2D eigenvalue weighted by molar-refractivity contribution is -0.123. The van der Waals surface area contributed by atoms with Crippen molar-refractivity contribution in [3.8, 4) is 5.75 Å². The molecule has 0 bridgehead atoms. The summed E-state index contributed by atoms with van der Waals surface area (Å²) in [5.74, 6) is 0.549. The van der Waals surface area contributed by atoms with Crippen LogP contribution in [0.1, 0.15) is 30.9 Å². The molecule has 0 aromatic heterocycles. The highest BCUT2D eigenvalue weighted by Gasteiger charge is 2.03. The molecule has 0 fully saturated rings. The highest BCUT2D eigenvalue weighted by atomic mass is 16.5. The van der Waals surface area contributed by atoms with Crippen LogP contribution in [0.2, 0.25) is 0 Å². The third-order valence-corrected chi connectivity index (χ3v) is 3.15. The first kappa shape index (κ1) is 17.0. The van der Waals surface area contributed by atoms with Gasteiger partial charge in [0, 0.05) is 20.0 Å². The molecule has 2 amide bonds. The van der Waals surface area contributed by atoms with Gasteiger partial charge in [-0.15, -0.1) is 0 Å². The van der Waals surface area contributed by atoms with Crippen LogP contribution < -0.4 is 15.4 Å². The normalized spacial score (nSPS) is 10.0. The number of carbonyl (C=O) groups excluding carboxylic acids is 2. The monoisotopic (exact) mass is 292 g/mol. The smallest absolute Gasteiger partial charge is 0.257 e. The summed E-state index contributed by atoms with van der Waals surface area (Å²) in [7, 11) is 0. The molecule has 1 aromatic rings. The number of hydrogen-bond acceptors (Lipinski definition) is 3. The van der Waals surface area contributed by atoms with Crippen LogP contribution in [-0.4, -0.2) is 31.5 Å². The fraction of sp³-hybridized carbons (Fsp3) is 0.500. The number of aryl methyl sites for hydroxylation is 2. The van der Waals surface area contributed by atoms with Crippen LogP contribution in [0.3, 0.4) is 0 Å². The van der Waals surface area contributed by atoms with E-state index in [0.29, 0.717) is 18.8 Å². The summed E-state index contributed by atoms with van der Waals surface area (Å²) >= 11 is 0. The minimum Gasteiger partial charge on any atom is -0.484 e. The molecule has 0 heterocycles. The van der Waals surface area contributed by atoms with Gasteiger partial charge in [0.05, 0.1) is 0 Å². The lowest BCUT2D eigenvalue weighted by Crippen LogP contribution is -2.30. The molecule has 21 heavy (non-hydrogen) atoms. The second-order valence-electron chi connectivity index (χ2n) is 5.07. The SMILES string of the molecule is CC(=O)NCCCCNC(=O)COc1ccc(C)c(C)c1. The summed E-state index contributed by atoms with van der Waals surface area (Å²) in [4.78, 5) is 22.3. The highest BCUT2D eigenvalue weighted by molar-refractivity contribution is 5.77. The Hall–Kier alpha value is -2.04. The van der Waals surface area contributed by atoms with Crippen molar-refractivity contribution >= 4 is 11.8 Å². The molecule has 5 nitrogen and oxygen atoms in total. The van der Waals surface area contributed by atoms with Crippen molar-refractivity contribution in [1.29, 1.82) is 0 Å². The molecule has 2 N–H and O–H groups in total. The van der Waals surface area contributed by atoms with Gasteiger partial charge in [-0.3, -0.25) is 9.59 Å². The van der Waals surface area contributed by atoms with Crippen LogP contribution in [0, 0.1) is 13.8 Å². The first-order valence-electron chi connectivity index (χ1n) is 7.20. The summed E-state index contributed by atoms with van der Waals surface area (Å²) in [6.45, 7) is 6.79. The highest BCUT2D eigenvalue weighted by Crippen LogP contribution is 2.16. The molecule has 1 aromatic carbocycles. The summed E-state index contributed by atoms with van der Waals surface area (Å²) in [5, 5.41) is 5.50. The summed E-state index contributed by atoms with van der Waals surface area (Å²) in [6.07, 6.45) is 1.67. The number of benzene rings is 1. The molecule has 0 aliphatic carbocycles. The Kier molecular flexibility index (Phi) is 7.29. The molecule has 1 rings (SSSR count). The van der Waals surface area contributed by atoms with E-state index in [1.807, 2.05) is 32.0 Å². The third kappa shape index (κ3) is 7.34. The summed E-state index contributed by atoms with van der Waals surface area (Å²) in [6, 6.07) is 5.77. The van der Waals surface area contributed by atoms with Crippen molar-refractivity contribution in [1.82, 2.24) is 10.6 Å². The zero-order valence-electron chi connectivity index (χ0n) is 13.0. The van der Waals surface area contributed by atoms with Crippen LogP contribution in [0.5, 0.6) is 5.75 Å². The third-order valence-electron chi connectivity index (χ3n) is 3.15. The molecular formula is C16H24N2O3. The Morgan fingerprint density at radius 1 is 1.05 bits per heavy atom. The maximum Gasteiger partial charge on any atom is 0.257 e. The van der Waals surface area contributed by atoms with Gasteiger partial charge < -0.3 is 15.4 Å². The molecule has 0 aliphatic rings. The largest absolute Gasteiger partial charge is 0.484 e. The fourth-order valence-electron chi connectivity index (χ4n) is 1.75. The van der Waals surface area contributed by atoms with Gasteiger partial charge in [0.25, 0.3) is 5.91 Å². The second-order valence-corrected chi connectivity index (χ2v) is 5.07. The van der Waals surface area contributed by atoms with Crippen LogP contribution in [0.25, 0.3) is 0 Å². The lowest BCUT2D eigenvalue weighted by atomic mass is 10.1. The van der Waals surface area contributed by atoms with E-state index in [2.05, 4.69) is 10.6 Å². The standard InChI is InChI=1S/C16H24N2O3/c1-12-6-7-15(10-13(12)2)21-11-16(20)18-9-5-4-8-17-14(3)19/h6-7,10H,4-5,8-9,11H2,1-3H3,(H,17,19)(H,18,20). The molecule has 0 radical (unpaired) electrons. The van der Waals surface area contributed by atoms with Crippen LogP contribution in [0.4, 0.5) is 0 Å². The predicted molar refractivity (Wildman–Crippen MR) is 82.3 cm³/mol. The average Bonchev–Trinajstić information content (AvgIpc) is 2.43. The zero-order chi connectivity index (χ0) is 15.7. The van der Waals surface area contributed by atoms with E-state index >= 15 is 0 Å². The number of ether oxygens (including phenoxy) is 1. The first-order chi connectivity index (χ1) is 9.99. The Labute approximate surface area is 126 Å². The molecular weight excluding hydrogens is 268 g/mol. The van der Waals surface area contributed by atoms with E-state index in [4.69, 9.17) is 4.74 Å². The predicted octanol–water partition coefficient (Wildman–Crippen LogP) is 1.71. The average molecular weight is 292 g/mol. The fourth-order valence-corrected chi connectivity index (χ4v) is 1.75. The first-order valence-corrected chi connectivity index (χ1v) is 7.20. The molecule has 0 aliphatic heterocycles. The second kappa shape index (κ2) is 9.00. The lowest BCUT2D eigenvalue weighted by Gasteiger charge is -2.09. The van der Waals surface area contributed by atoms with Crippen LogP contribution >= 0.6 is 0 Å². The molecule has 0 unspecified atom stereocenters. The van der Waals surface area contributed by atoms with E-state index in [9.17, 15) is 9.59 Å². The van der Waals surface area contributed by atoms with Crippen molar-refractivity contribution in [3.05, 3.63) is 29.3 Å². The van der Waals surface area contributed by atoms with Gasteiger partial charge in [0.15, 0.2) is 6.61 Å². The number of amides is 2. The molecule has 0 saturated heterocycles. The van der Waals surface area contributed by atoms with Crippen molar-refractivity contribution in [3.63, 3.8) is 0 Å². The van der Waals surface area contributed by atoms with Crippen LogP contribution in [-0.2, 0) is 9.59 Å². The van der Waals surface area contributed by atoms with Gasteiger partial charge in [-0.25, -0.2) is 0 Å². The van der Waals surface area contributed by atoms with Gasteiger partial charge in [-0.1, -0.05) is 6.07 Å². The number of rotatable bonds is 8. The number of carbonyl (C=O) groups is 2. The van der Waals surface area contributed by atoms with Crippen molar-refractivity contribution in [2.45, 2.75) is 33.6 Å². The van der Waals surface area contributed by atoms with E-state index < -0.39 is 0 Å². The molecule has 116 valence electrons. The van der Waals surface area contributed by atoms with Crippen molar-refractivity contribution in [2.75, 3.05) is 19.7 Å². The minimum absolute atomic E-state index is 0.0220. The van der Waals surface area contributed by atoms with E-state index in [1.54, 1.807) is 0 Å². The molecule has 0 atom stereocenters. The number of nitrogens with one attached hydrogen (secondary N) is 2. The molecule has 0 saturated carbocycles. The van der Waals surface area contributed by atoms with Crippen LogP contribution in [0.15, 0.2) is 18.2 Å². The summed E-state index contributed by atoms with van der Waals surface area (Å²) in [5.41, 5.74) is 2.34. The van der Waals surface area contributed by atoms with E-state index in [-0.39, 0.29) is 18.4 Å². The Morgan fingerprint density at radius 3 is 2.33 bits per heavy atom. The van der Waals surface area contributed by atoms with Gasteiger partial charge in [0.1, 0.15) is 5.75 Å². The Morgan fingerprint density at radius 2 is 1.71 bits per heavy atom. The van der Waals surface area contributed by atoms with Crippen molar-refractivity contribution < 1.29 is 14.3 Å². The molecule has 0 spiro atoms. The zero-order valence-corrected chi connectivity index (χ0v) is 13.0. The van der Waals surface area contributed by atoms with E-state index in [0.717, 1.165) is 18.4 Å². The Balaban J connectivity index is 2.13. The quantitative estimate of drug-likeness (QED) is 0.717. The van der Waals surface area contributed by atoms with Gasteiger partial charge in [-0.05, 0) is 49.9 Å². The topological polar surface area (TPSA) is 67.4 Å². The summed E-state index contributed by atoms with van der Waals surface area (Å²) < 4.78 is 5.44. The van der Waals surface area contributed by atoms with Crippen molar-refractivity contribution in [2.24, 2.45) is 0 Å². The van der Waals surface area contributed by atoms with Gasteiger partial charge in [-0.2, -0.15) is 0 Å². The van der Waals surface area contributed by atoms with Gasteiger partial charge in [0.2, 0.25) is 5.91 Å². The van der Waals surface area contributed by atoms with Gasteiger partial charge >= 0.3 is 0 Å². The minimum atomic E-state index is -0.132. The molecule has 5 heteroatoms. The number of hydrogen-bond donors (Lipinski definition) is 2. The number of unbranched alkanes of at least 4 members (excludes halogenated alkanes) is 1. The maximum atomic E-state index is 11.6. The maximum absolute atomic E-state index is 11.6.